The van der Waals surface area contributed by atoms with Gasteiger partial charge in [0, 0.05) is 11.9 Å². The number of thiazole rings is 1. The molecule has 0 fully saturated rings. The number of aromatic nitrogens is 1. The number of fused-ring (bicyclic) bond motifs is 2. The summed E-state index contributed by atoms with van der Waals surface area (Å²) < 4.78 is 6.04. The lowest BCUT2D eigenvalue weighted by Crippen LogP contribution is -2.29. The highest BCUT2D eigenvalue weighted by atomic mass is 35.5. The standard InChI is InChI=1S/C25H19ClN2O4S/c1-11-8-17-18(9-12(11)2)32-22-19(21(17)30)20(15-6-5-7-16(26)10-15)28(24(22)31)25-27-13(3)23(33-25)14(4)29/h5-10,20H,1-4H3. The van der Waals surface area contributed by atoms with E-state index in [9.17, 15) is 14.4 Å². The first-order valence-electron chi connectivity index (χ1n) is 10.3. The van der Waals surface area contributed by atoms with Crippen LogP contribution in [-0.2, 0) is 0 Å². The topological polar surface area (TPSA) is 80.5 Å². The zero-order valence-corrected chi connectivity index (χ0v) is 19.9. The summed E-state index contributed by atoms with van der Waals surface area (Å²) in [5, 5.41) is 1.22. The molecule has 33 heavy (non-hydrogen) atoms. The fourth-order valence-corrected chi connectivity index (χ4v) is 5.42. The van der Waals surface area contributed by atoms with E-state index < -0.39 is 11.9 Å². The van der Waals surface area contributed by atoms with E-state index in [1.165, 1.54) is 11.8 Å². The number of nitrogens with zero attached hydrogens (tertiary/aromatic N) is 2. The number of halogens is 1. The zero-order valence-electron chi connectivity index (χ0n) is 18.4. The van der Waals surface area contributed by atoms with E-state index in [0.29, 0.717) is 37.3 Å². The van der Waals surface area contributed by atoms with Gasteiger partial charge in [-0.2, -0.15) is 0 Å². The minimum absolute atomic E-state index is 0.0158. The maximum absolute atomic E-state index is 13.7. The van der Waals surface area contributed by atoms with Gasteiger partial charge in [-0.1, -0.05) is 35.1 Å². The van der Waals surface area contributed by atoms with Crippen molar-refractivity contribution < 1.29 is 14.0 Å². The first kappa shape index (κ1) is 21.6. The molecule has 2 aromatic heterocycles. The lowest BCUT2D eigenvalue weighted by atomic mass is 9.97. The van der Waals surface area contributed by atoms with Crippen molar-refractivity contribution in [1.29, 1.82) is 0 Å². The van der Waals surface area contributed by atoms with Gasteiger partial charge in [-0.25, -0.2) is 4.98 Å². The number of carbonyl (C=O) groups excluding carboxylic acids is 2. The summed E-state index contributed by atoms with van der Waals surface area (Å²) >= 11 is 7.39. The monoisotopic (exact) mass is 478 g/mol. The Morgan fingerprint density at radius 2 is 1.85 bits per heavy atom. The molecule has 0 saturated heterocycles. The normalized spacial score (nSPS) is 15.4. The molecule has 0 radical (unpaired) electrons. The summed E-state index contributed by atoms with van der Waals surface area (Å²) in [4.78, 5) is 45.8. The van der Waals surface area contributed by atoms with Crippen molar-refractivity contribution in [3.05, 3.63) is 90.2 Å². The quantitative estimate of drug-likeness (QED) is 0.348. The maximum atomic E-state index is 13.7. The van der Waals surface area contributed by atoms with Crippen LogP contribution in [0.5, 0.6) is 0 Å². The Morgan fingerprint density at radius 3 is 2.52 bits per heavy atom. The fourth-order valence-electron chi connectivity index (χ4n) is 4.23. The molecule has 3 heterocycles. The molecule has 166 valence electrons. The molecule has 1 aliphatic rings. The van der Waals surface area contributed by atoms with E-state index >= 15 is 0 Å². The number of carbonyl (C=O) groups is 2. The minimum Gasteiger partial charge on any atom is -0.450 e. The number of Topliss-reactive ketones (excluding diaryl/α,β-unsaturated/α-hetero) is 1. The molecule has 6 nitrogen and oxygen atoms in total. The van der Waals surface area contributed by atoms with E-state index in [1.807, 2.05) is 19.9 Å². The molecule has 1 unspecified atom stereocenters. The van der Waals surface area contributed by atoms with Crippen LogP contribution in [0.15, 0.2) is 45.6 Å². The molecule has 1 atom stereocenters. The van der Waals surface area contributed by atoms with E-state index in [2.05, 4.69) is 4.98 Å². The Bertz CT molecular complexity index is 1550. The van der Waals surface area contributed by atoms with Crippen molar-refractivity contribution in [3.8, 4) is 0 Å². The molecule has 8 heteroatoms. The molecule has 0 saturated carbocycles. The molecular formula is C25H19ClN2O4S. The highest BCUT2D eigenvalue weighted by molar-refractivity contribution is 7.17. The maximum Gasteiger partial charge on any atom is 0.297 e. The smallest absolute Gasteiger partial charge is 0.297 e. The Balaban J connectivity index is 1.83. The molecule has 1 aliphatic heterocycles. The second kappa shape index (κ2) is 7.64. The molecule has 1 amide bonds. The number of hydrogen-bond acceptors (Lipinski definition) is 6. The Labute approximate surface area is 198 Å². The molecule has 0 spiro atoms. The van der Waals surface area contributed by atoms with Crippen LogP contribution in [0, 0.1) is 20.8 Å². The van der Waals surface area contributed by atoms with E-state index in [4.69, 9.17) is 16.0 Å². The number of amides is 1. The summed E-state index contributed by atoms with van der Waals surface area (Å²) in [6.45, 7) is 7.03. The second-order valence-corrected chi connectivity index (χ2v) is 9.62. The first-order valence-corrected chi connectivity index (χ1v) is 11.5. The predicted molar refractivity (Wildman–Crippen MR) is 129 cm³/mol. The van der Waals surface area contributed by atoms with Crippen molar-refractivity contribution in [3.63, 3.8) is 0 Å². The van der Waals surface area contributed by atoms with Crippen LogP contribution in [0.25, 0.3) is 11.0 Å². The SMILES string of the molecule is CC(=O)c1sc(N2C(=O)c3oc4cc(C)c(C)cc4c(=O)c3C2c2cccc(Cl)c2)nc1C. The molecule has 0 bridgehead atoms. The van der Waals surface area contributed by atoms with Gasteiger partial charge in [0.05, 0.1) is 27.6 Å². The summed E-state index contributed by atoms with van der Waals surface area (Å²) in [6, 6.07) is 9.81. The van der Waals surface area contributed by atoms with Gasteiger partial charge in [-0.05, 0) is 61.7 Å². The second-order valence-electron chi connectivity index (χ2n) is 8.21. The van der Waals surface area contributed by atoms with E-state index in [0.717, 1.165) is 22.5 Å². The van der Waals surface area contributed by atoms with Crippen LogP contribution < -0.4 is 10.3 Å². The number of rotatable bonds is 3. The van der Waals surface area contributed by atoms with Crippen LogP contribution in [0.2, 0.25) is 5.02 Å². The highest BCUT2D eigenvalue weighted by Crippen LogP contribution is 2.43. The van der Waals surface area contributed by atoms with E-state index in [-0.39, 0.29) is 22.5 Å². The largest absolute Gasteiger partial charge is 0.450 e. The summed E-state index contributed by atoms with van der Waals surface area (Å²) in [7, 11) is 0. The molecule has 0 aliphatic carbocycles. The highest BCUT2D eigenvalue weighted by Gasteiger charge is 2.45. The van der Waals surface area contributed by atoms with Crippen molar-refractivity contribution in [2.45, 2.75) is 33.7 Å². The lowest BCUT2D eigenvalue weighted by molar-refractivity contribution is 0.0969. The molecule has 0 N–H and O–H groups in total. The van der Waals surface area contributed by atoms with Gasteiger partial charge in [-0.3, -0.25) is 19.3 Å². The molecular weight excluding hydrogens is 460 g/mol. The average molecular weight is 479 g/mol. The van der Waals surface area contributed by atoms with Gasteiger partial charge in [0.2, 0.25) is 5.76 Å². The van der Waals surface area contributed by atoms with E-state index in [1.54, 1.807) is 37.3 Å². The van der Waals surface area contributed by atoms with Crippen LogP contribution in [0.3, 0.4) is 0 Å². The van der Waals surface area contributed by atoms with Crippen molar-refractivity contribution in [1.82, 2.24) is 4.98 Å². The number of anilines is 1. The van der Waals surface area contributed by atoms with Crippen LogP contribution >= 0.6 is 22.9 Å². The number of benzene rings is 2. The third-order valence-corrected chi connectivity index (χ3v) is 7.45. The third-order valence-electron chi connectivity index (χ3n) is 5.96. The predicted octanol–water partition coefficient (Wildman–Crippen LogP) is 5.78. The lowest BCUT2D eigenvalue weighted by Gasteiger charge is -2.22. The fraction of sp³-hybridized carbons (Fsp3) is 0.200. The number of aryl methyl sites for hydroxylation is 3. The van der Waals surface area contributed by atoms with Crippen molar-refractivity contribution in [2.24, 2.45) is 0 Å². The van der Waals surface area contributed by atoms with Gasteiger partial charge < -0.3 is 4.42 Å². The van der Waals surface area contributed by atoms with Gasteiger partial charge in [0.1, 0.15) is 5.58 Å². The van der Waals surface area contributed by atoms with Crippen LogP contribution in [-0.4, -0.2) is 16.7 Å². The van der Waals surface area contributed by atoms with Crippen LogP contribution in [0.4, 0.5) is 5.13 Å². The first-order chi connectivity index (χ1) is 15.7. The number of hydrogen-bond donors (Lipinski definition) is 0. The minimum atomic E-state index is -0.779. The number of ketones is 1. The van der Waals surface area contributed by atoms with Crippen molar-refractivity contribution >= 4 is 50.7 Å². The summed E-state index contributed by atoms with van der Waals surface area (Å²) in [5.41, 5.74) is 3.44. The van der Waals surface area contributed by atoms with Crippen LogP contribution in [0.1, 0.15) is 61.1 Å². The molecule has 5 rings (SSSR count). The Morgan fingerprint density at radius 1 is 1.12 bits per heavy atom. The molecule has 4 aromatic rings. The summed E-state index contributed by atoms with van der Waals surface area (Å²) in [5.74, 6) is -0.625. The van der Waals surface area contributed by atoms with Crippen molar-refractivity contribution in [2.75, 3.05) is 4.90 Å². The van der Waals surface area contributed by atoms with Gasteiger partial charge in [-0.15, -0.1) is 0 Å². The van der Waals surface area contributed by atoms with Gasteiger partial charge in [0.15, 0.2) is 16.3 Å². The van der Waals surface area contributed by atoms with Gasteiger partial charge in [0.25, 0.3) is 5.91 Å². The zero-order chi connectivity index (χ0) is 23.6. The third kappa shape index (κ3) is 3.31. The van der Waals surface area contributed by atoms with Gasteiger partial charge >= 0.3 is 0 Å². The Hall–Kier alpha value is -3.29. The summed E-state index contributed by atoms with van der Waals surface area (Å²) in [6.07, 6.45) is 0. The Kier molecular flexibility index (Phi) is 4.99. The average Bonchev–Trinajstić information content (AvgIpc) is 3.27. The molecule has 2 aromatic carbocycles.